The van der Waals surface area contributed by atoms with Gasteiger partial charge in [-0.15, -0.1) is 22.7 Å². The minimum absolute atomic E-state index is 0.0425. The number of benzene rings is 2. The summed E-state index contributed by atoms with van der Waals surface area (Å²) in [6.45, 7) is 0.620. The van der Waals surface area contributed by atoms with Gasteiger partial charge in [0, 0.05) is 41.9 Å². The van der Waals surface area contributed by atoms with Gasteiger partial charge in [0.15, 0.2) is 0 Å². The van der Waals surface area contributed by atoms with E-state index in [2.05, 4.69) is 9.88 Å². The molecule has 1 saturated carbocycles. The highest BCUT2D eigenvalue weighted by Crippen LogP contribution is 2.38. The van der Waals surface area contributed by atoms with Crippen LogP contribution in [0.3, 0.4) is 0 Å². The molecule has 0 bridgehead atoms. The van der Waals surface area contributed by atoms with Crippen molar-refractivity contribution < 1.29 is 29.6 Å². The zero-order chi connectivity index (χ0) is 36.8. The van der Waals surface area contributed by atoms with Gasteiger partial charge in [0.25, 0.3) is 0 Å². The second kappa shape index (κ2) is 16.9. The SMILES string of the molecule is CN(CCC(=O)Cc1ccc(CCC[C@H](O)c2ccc(O)c3[nH]c(=O)ccc23)cc1Cl)C1CCC(OC(=O)C(O)(c2cccs2)c2cccs2)CC1. The summed E-state index contributed by atoms with van der Waals surface area (Å²) in [5.74, 6) is -0.569. The molecule has 6 rings (SSSR count). The van der Waals surface area contributed by atoms with Gasteiger partial charge in [-0.3, -0.25) is 9.59 Å². The fourth-order valence-electron chi connectivity index (χ4n) is 7.01. The maximum atomic E-state index is 13.3. The summed E-state index contributed by atoms with van der Waals surface area (Å²) < 4.78 is 5.90. The summed E-state index contributed by atoms with van der Waals surface area (Å²) in [4.78, 5) is 44.0. The number of rotatable bonds is 15. The fraction of sp³-hybridized carbons (Fsp3) is 0.375. The van der Waals surface area contributed by atoms with Crippen molar-refractivity contribution in [2.45, 2.75) is 81.6 Å². The van der Waals surface area contributed by atoms with Gasteiger partial charge in [-0.1, -0.05) is 41.9 Å². The first-order chi connectivity index (χ1) is 25.0. The molecule has 3 heterocycles. The molecule has 1 aliphatic rings. The number of nitrogens with one attached hydrogen (secondary N) is 1. The topological polar surface area (TPSA) is 140 Å². The predicted molar refractivity (Wildman–Crippen MR) is 205 cm³/mol. The molecule has 3 aromatic heterocycles. The molecule has 1 aliphatic carbocycles. The molecule has 52 heavy (non-hydrogen) atoms. The molecule has 5 aromatic rings. The number of ether oxygens (including phenoxy) is 1. The number of hydrogen-bond acceptors (Lipinski definition) is 10. The number of H-pyrrole nitrogens is 1. The van der Waals surface area contributed by atoms with Crippen molar-refractivity contribution in [3.8, 4) is 5.75 Å². The number of aromatic amines is 1. The number of ketones is 1. The lowest BCUT2D eigenvalue weighted by Crippen LogP contribution is -2.42. The molecule has 9 nitrogen and oxygen atoms in total. The molecule has 1 atom stereocenters. The van der Waals surface area contributed by atoms with E-state index in [0.717, 1.165) is 24.0 Å². The third-order valence-electron chi connectivity index (χ3n) is 10.0. The molecule has 1 fully saturated rings. The van der Waals surface area contributed by atoms with E-state index in [1.54, 1.807) is 24.3 Å². The number of pyridine rings is 1. The minimum atomic E-state index is -1.81. The highest BCUT2D eigenvalue weighted by Gasteiger charge is 2.45. The van der Waals surface area contributed by atoms with Crippen molar-refractivity contribution in [3.05, 3.63) is 119 Å². The van der Waals surface area contributed by atoms with Crippen LogP contribution in [0.1, 0.15) is 77.5 Å². The van der Waals surface area contributed by atoms with E-state index >= 15 is 0 Å². The van der Waals surface area contributed by atoms with E-state index in [4.69, 9.17) is 16.3 Å². The van der Waals surface area contributed by atoms with E-state index in [1.807, 2.05) is 48.1 Å². The number of aromatic hydroxyl groups is 1. The van der Waals surface area contributed by atoms with Crippen LogP contribution < -0.4 is 5.56 Å². The zero-order valence-electron chi connectivity index (χ0n) is 28.9. The third-order valence-corrected chi connectivity index (χ3v) is 12.4. The first-order valence-corrected chi connectivity index (χ1v) is 19.7. The summed E-state index contributed by atoms with van der Waals surface area (Å²) >= 11 is 9.27. The lowest BCUT2D eigenvalue weighted by molar-refractivity contribution is -0.169. The molecular weight excluding hydrogens is 720 g/mol. The third kappa shape index (κ3) is 8.68. The Morgan fingerprint density at radius 3 is 2.38 bits per heavy atom. The first-order valence-electron chi connectivity index (χ1n) is 17.6. The number of phenolic OH excluding ortho intramolecular Hbond substituents is 1. The maximum absolute atomic E-state index is 13.3. The Morgan fingerprint density at radius 1 is 1.02 bits per heavy atom. The van der Waals surface area contributed by atoms with Crippen molar-refractivity contribution in [2.75, 3.05) is 13.6 Å². The van der Waals surface area contributed by atoms with Crippen LogP contribution in [0.5, 0.6) is 5.75 Å². The van der Waals surface area contributed by atoms with Crippen LogP contribution in [0, 0.1) is 0 Å². The van der Waals surface area contributed by atoms with Gasteiger partial charge < -0.3 is 29.9 Å². The molecule has 274 valence electrons. The number of aliphatic hydroxyl groups is 2. The average molecular weight is 763 g/mol. The number of halogens is 1. The Labute approximate surface area is 315 Å². The van der Waals surface area contributed by atoms with Gasteiger partial charge in [0.05, 0.1) is 21.4 Å². The Hall–Kier alpha value is -3.84. The van der Waals surface area contributed by atoms with Crippen molar-refractivity contribution in [3.63, 3.8) is 0 Å². The normalized spacial score (nSPS) is 17.0. The molecule has 0 radical (unpaired) electrons. The molecule has 0 saturated heterocycles. The van der Waals surface area contributed by atoms with Crippen LogP contribution >= 0.6 is 34.3 Å². The van der Waals surface area contributed by atoms with Gasteiger partial charge >= 0.3 is 5.97 Å². The smallest absolute Gasteiger partial charge is 0.349 e. The number of nitrogens with zero attached hydrogens (tertiary/aromatic N) is 1. The number of hydrogen-bond donors (Lipinski definition) is 4. The Bertz CT molecular complexity index is 2000. The summed E-state index contributed by atoms with van der Waals surface area (Å²) in [5, 5.41) is 37.4. The van der Waals surface area contributed by atoms with Gasteiger partial charge in [0.1, 0.15) is 17.6 Å². The van der Waals surface area contributed by atoms with Gasteiger partial charge in [-0.05, 0) is 110 Å². The highest BCUT2D eigenvalue weighted by atomic mass is 35.5. The number of fused-ring (bicyclic) bond motifs is 1. The number of aromatic nitrogens is 1. The van der Waals surface area contributed by atoms with Gasteiger partial charge in [0.2, 0.25) is 11.2 Å². The summed E-state index contributed by atoms with van der Waals surface area (Å²) in [6.07, 6.45) is 4.50. The number of carbonyl (C=O) groups is 2. The van der Waals surface area contributed by atoms with Crippen LogP contribution in [0.2, 0.25) is 5.02 Å². The number of aliphatic hydroxyl groups excluding tert-OH is 1. The maximum Gasteiger partial charge on any atom is 0.349 e. The predicted octanol–water partition coefficient (Wildman–Crippen LogP) is 7.29. The molecule has 0 amide bonds. The Kier molecular flexibility index (Phi) is 12.3. The van der Waals surface area contributed by atoms with Crippen molar-refractivity contribution in [1.29, 1.82) is 0 Å². The van der Waals surface area contributed by atoms with Crippen LogP contribution in [-0.4, -0.2) is 62.7 Å². The number of thiophene rings is 2. The highest BCUT2D eigenvalue weighted by molar-refractivity contribution is 7.12. The first kappa shape index (κ1) is 37.9. The number of aryl methyl sites for hydroxylation is 1. The van der Waals surface area contributed by atoms with Crippen LogP contribution in [-0.2, 0) is 32.8 Å². The van der Waals surface area contributed by atoms with Crippen LogP contribution in [0.15, 0.2) is 82.3 Å². The van der Waals surface area contributed by atoms with Crippen LogP contribution in [0.4, 0.5) is 0 Å². The number of carbonyl (C=O) groups excluding carboxylic acids is 2. The lowest BCUT2D eigenvalue weighted by atomic mass is 9.91. The fourth-order valence-corrected chi connectivity index (χ4v) is 8.99. The monoisotopic (exact) mass is 762 g/mol. The van der Waals surface area contributed by atoms with E-state index in [9.17, 15) is 29.7 Å². The number of esters is 1. The van der Waals surface area contributed by atoms with E-state index in [1.165, 1.54) is 34.8 Å². The number of Topliss-reactive ketones (excluding diaryl/α,β-unsaturated/α-hetero) is 1. The molecule has 4 N–H and O–H groups in total. The van der Waals surface area contributed by atoms with Gasteiger partial charge in [-0.2, -0.15) is 0 Å². The van der Waals surface area contributed by atoms with E-state index in [-0.39, 0.29) is 35.7 Å². The molecule has 12 heteroatoms. The quantitative estimate of drug-likeness (QED) is 0.0816. The van der Waals surface area contributed by atoms with E-state index < -0.39 is 17.7 Å². The minimum Gasteiger partial charge on any atom is -0.506 e. The molecular formula is C40H43ClN2O7S2. The Morgan fingerprint density at radius 2 is 1.73 bits per heavy atom. The molecule has 2 aromatic carbocycles. The number of phenols is 1. The zero-order valence-corrected chi connectivity index (χ0v) is 31.3. The Balaban J connectivity index is 0.928. The summed E-state index contributed by atoms with van der Waals surface area (Å²) in [7, 11) is 2.03. The van der Waals surface area contributed by atoms with Crippen molar-refractivity contribution in [2.24, 2.45) is 0 Å². The second-order valence-electron chi connectivity index (χ2n) is 13.6. The van der Waals surface area contributed by atoms with Crippen molar-refractivity contribution >= 4 is 56.9 Å². The average Bonchev–Trinajstić information content (AvgIpc) is 3.89. The standard InChI is InChI=1S/C40H43ClN2O7S2/c1-43(27-11-13-29(14-12-27)50-39(48)40(49,35-7-3-21-51-35)36-8-4-22-52-36)20-19-28(44)24-26-10-9-25(23-32(26)41)5-2-6-33(45)30-15-17-34(46)38-31(30)16-18-37(47)42-38/h3-4,7-10,15-18,21-23,27,29,33,45-46,49H,2,5-6,11-14,19-20,24H2,1H3,(H,42,47)/t27?,29?,33-/m0/s1. The lowest BCUT2D eigenvalue weighted by Gasteiger charge is -2.35. The summed E-state index contributed by atoms with van der Waals surface area (Å²) in [6, 6.07) is 19.3. The molecule has 0 unspecified atom stereocenters. The van der Waals surface area contributed by atoms with E-state index in [0.29, 0.717) is 76.3 Å². The second-order valence-corrected chi connectivity index (χ2v) is 15.9. The summed E-state index contributed by atoms with van der Waals surface area (Å²) in [5.41, 5.74) is 0.623. The molecule has 0 aliphatic heterocycles. The molecule has 0 spiro atoms. The van der Waals surface area contributed by atoms with Crippen molar-refractivity contribution in [1.82, 2.24) is 9.88 Å². The largest absolute Gasteiger partial charge is 0.506 e. The van der Waals surface area contributed by atoms with Gasteiger partial charge in [-0.25, -0.2) is 4.79 Å². The van der Waals surface area contributed by atoms with Crippen LogP contribution in [0.25, 0.3) is 10.9 Å².